The topological polar surface area (TPSA) is 13.7 Å². The van der Waals surface area contributed by atoms with Gasteiger partial charge in [-0.1, -0.05) is 6.92 Å². The molecule has 1 aliphatic rings. The molecule has 2 heteroatoms. The van der Waals surface area contributed by atoms with Crippen molar-refractivity contribution >= 4 is 0 Å². The predicted molar refractivity (Wildman–Crippen MR) is 75.2 cm³/mol. The molecule has 0 aliphatic carbocycles. The van der Waals surface area contributed by atoms with E-state index < -0.39 is 0 Å². The quantitative estimate of drug-likeness (QED) is 0.863. The molecule has 1 aromatic carbocycles. The molecule has 1 aromatic rings. The Bertz CT molecular complexity index is 389. The molecule has 18 heavy (non-hydrogen) atoms. The number of aryl methyl sites for hydroxylation is 1. The van der Waals surface area contributed by atoms with Crippen LogP contribution in [-0.4, -0.2) is 19.7 Å². The summed E-state index contributed by atoms with van der Waals surface area (Å²) in [4.78, 5) is 1.77. The molecule has 0 radical (unpaired) electrons. The number of piperidine rings is 1. The van der Waals surface area contributed by atoms with Crippen molar-refractivity contribution < 1.29 is 9.64 Å². The van der Waals surface area contributed by atoms with Crippen molar-refractivity contribution in [2.45, 2.75) is 52.1 Å². The van der Waals surface area contributed by atoms with Gasteiger partial charge in [0.1, 0.15) is 12.3 Å². The van der Waals surface area contributed by atoms with Crippen LogP contribution in [0, 0.1) is 6.92 Å². The van der Waals surface area contributed by atoms with E-state index in [1.807, 2.05) is 0 Å². The Balaban J connectivity index is 2.05. The van der Waals surface area contributed by atoms with Crippen LogP contribution < -0.4 is 9.64 Å². The zero-order chi connectivity index (χ0) is 13.0. The summed E-state index contributed by atoms with van der Waals surface area (Å²) < 4.78 is 5.33. The van der Waals surface area contributed by atoms with E-state index in [2.05, 4.69) is 32.0 Å². The number of nitrogens with one attached hydrogen (secondary N) is 1. The first-order valence-corrected chi connectivity index (χ1v) is 7.22. The molecule has 1 unspecified atom stereocenters. The van der Waals surface area contributed by atoms with Crippen LogP contribution in [0.15, 0.2) is 18.2 Å². The molecule has 0 spiro atoms. The fraction of sp³-hybridized carbons (Fsp3) is 0.625. The van der Waals surface area contributed by atoms with Gasteiger partial charge in [0.15, 0.2) is 0 Å². The van der Waals surface area contributed by atoms with Gasteiger partial charge >= 0.3 is 0 Å². The molecule has 0 bridgehead atoms. The van der Waals surface area contributed by atoms with Gasteiger partial charge in [-0.15, -0.1) is 0 Å². The average Bonchev–Trinajstić information content (AvgIpc) is 2.39. The first-order valence-electron chi connectivity index (χ1n) is 7.22. The molecular weight excluding hydrogens is 222 g/mol. The molecule has 0 amide bonds. The number of ether oxygens (including phenoxy) is 1. The van der Waals surface area contributed by atoms with Gasteiger partial charge < -0.3 is 9.64 Å². The first kappa shape index (κ1) is 13.4. The van der Waals surface area contributed by atoms with Crippen molar-refractivity contribution in [2.24, 2.45) is 0 Å². The smallest absolute Gasteiger partial charge is 0.121 e. The second kappa shape index (κ2) is 6.24. The van der Waals surface area contributed by atoms with Crippen LogP contribution in [0.5, 0.6) is 5.75 Å². The summed E-state index contributed by atoms with van der Waals surface area (Å²) in [5.41, 5.74) is 2.70. The Morgan fingerprint density at radius 1 is 1.33 bits per heavy atom. The van der Waals surface area contributed by atoms with Crippen LogP contribution in [0.3, 0.4) is 0 Å². The third kappa shape index (κ3) is 3.05. The lowest BCUT2D eigenvalue weighted by atomic mass is 9.99. The molecule has 1 fully saturated rings. The van der Waals surface area contributed by atoms with Crippen LogP contribution in [0.1, 0.15) is 43.7 Å². The van der Waals surface area contributed by atoms with Crippen molar-refractivity contribution in [2.75, 3.05) is 13.7 Å². The number of hydrogen-bond donors (Lipinski definition) is 1. The maximum atomic E-state index is 5.33. The molecule has 1 heterocycles. The van der Waals surface area contributed by atoms with Crippen LogP contribution in [-0.2, 0) is 6.54 Å². The third-order valence-electron chi connectivity index (χ3n) is 4.26. The number of likely N-dealkylation sites (tertiary alicyclic amines) is 1. The molecule has 100 valence electrons. The second-order valence-corrected chi connectivity index (χ2v) is 5.49. The molecule has 0 saturated carbocycles. The minimum absolute atomic E-state index is 0.862. The molecule has 1 N–H and O–H groups in total. The van der Waals surface area contributed by atoms with Gasteiger partial charge in [-0.25, -0.2) is 0 Å². The normalized spacial score (nSPS) is 23.9. The van der Waals surface area contributed by atoms with E-state index in [1.54, 1.807) is 12.0 Å². The Hall–Kier alpha value is -1.02. The third-order valence-corrected chi connectivity index (χ3v) is 4.26. The Labute approximate surface area is 111 Å². The number of hydrogen-bond acceptors (Lipinski definition) is 1. The van der Waals surface area contributed by atoms with E-state index in [9.17, 15) is 0 Å². The summed E-state index contributed by atoms with van der Waals surface area (Å²) in [7, 11) is 1.74. The highest BCUT2D eigenvalue weighted by Crippen LogP contribution is 2.18. The Morgan fingerprint density at radius 2 is 2.17 bits per heavy atom. The minimum atomic E-state index is 0.862. The summed E-state index contributed by atoms with van der Waals surface area (Å²) in [6.45, 7) is 6.97. The largest absolute Gasteiger partial charge is 0.496 e. The van der Waals surface area contributed by atoms with Crippen molar-refractivity contribution in [3.05, 3.63) is 29.3 Å². The number of rotatable bonds is 4. The van der Waals surface area contributed by atoms with E-state index in [1.165, 1.54) is 49.9 Å². The van der Waals surface area contributed by atoms with Gasteiger partial charge in [0.25, 0.3) is 0 Å². The summed E-state index contributed by atoms with van der Waals surface area (Å²) in [6.07, 6.45) is 5.52. The van der Waals surface area contributed by atoms with E-state index >= 15 is 0 Å². The standard InChI is InChI=1S/C16H25NO/c1-4-15-7-5-6-10-17(15)12-14-8-9-16(18-3)13(2)11-14/h8-9,11,15H,4-7,10,12H2,1-3H3/p+1/t15-/m1/s1. The van der Waals surface area contributed by atoms with Crippen LogP contribution >= 0.6 is 0 Å². The number of quaternary nitrogens is 1. The van der Waals surface area contributed by atoms with Gasteiger partial charge in [-0.2, -0.15) is 0 Å². The molecule has 0 aromatic heterocycles. The van der Waals surface area contributed by atoms with Gasteiger partial charge in [0, 0.05) is 5.56 Å². The number of methoxy groups -OCH3 is 1. The lowest BCUT2D eigenvalue weighted by molar-refractivity contribution is -0.944. The van der Waals surface area contributed by atoms with Crippen molar-refractivity contribution in [1.82, 2.24) is 0 Å². The van der Waals surface area contributed by atoms with E-state index in [0.717, 1.165) is 11.8 Å². The maximum absolute atomic E-state index is 5.33. The molecule has 2 rings (SSSR count). The minimum Gasteiger partial charge on any atom is -0.496 e. The Kier molecular flexibility index (Phi) is 4.65. The highest BCUT2D eigenvalue weighted by Gasteiger charge is 2.24. The number of benzene rings is 1. The maximum Gasteiger partial charge on any atom is 0.121 e. The van der Waals surface area contributed by atoms with Gasteiger partial charge in [0.2, 0.25) is 0 Å². The second-order valence-electron chi connectivity index (χ2n) is 5.49. The molecule has 1 saturated heterocycles. The van der Waals surface area contributed by atoms with E-state index in [4.69, 9.17) is 4.74 Å². The highest BCUT2D eigenvalue weighted by molar-refractivity contribution is 5.35. The zero-order valence-corrected chi connectivity index (χ0v) is 12.0. The lowest BCUT2D eigenvalue weighted by Crippen LogP contribution is -3.15. The monoisotopic (exact) mass is 248 g/mol. The van der Waals surface area contributed by atoms with Crippen LogP contribution in [0.4, 0.5) is 0 Å². The summed E-state index contributed by atoms with van der Waals surface area (Å²) in [5, 5.41) is 0. The zero-order valence-electron chi connectivity index (χ0n) is 12.0. The first-order chi connectivity index (χ1) is 8.74. The SMILES string of the molecule is CC[C@@H]1CCCC[NH+]1Cc1ccc(OC)c(C)c1. The predicted octanol–water partition coefficient (Wildman–Crippen LogP) is 2.35. The van der Waals surface area contributed by atoms with Crippen molar-refractivity contribution in [3.63, 3.8) is 0 Å². The summed E-state index contributed by atoms with van der Waals surface area (Å²) in [6, 6.07) is 7.48. The fourth-order valence-corrected chi connectivity index (χ4v) is 3.19. The summed E-state index contributed by atoms with van der Waals surface area (Å²) in [5.74, 6) is 0.999. The van der Waals surface area contributed by atoms with Crippen LogP contribution in [0.25, 0.3) is 0 Å². The Morgan fingerprint density at radius 3 is 2.83 bits per heavy atom. The van der Waals surface area contributed by atoms with Crippen LogP contribution in [0.2, 0.25) is 0 Å². The van der Waals surface area contributed by atoms with Gasteiger partial charge in [-0.3, -0.25) is 0 Å². The van der Waals surface area contributed by atoms with Crippen molar-refractivity contribution in [3.8, 4) is 5.75 Å². The highest BCUT2D eigenvalue weighted by atomic mass is 16.5. The molecule has 2 nitrogen and oxygen atoms in total. The lowest BCUT2D eigenvalue weighted by Gasteiger charge is -2.32. The molecular formula is C16H26NO+. The van der Waals surface area contributed by atoms with Gasteiger partial charge in [-0.05, 0) is 56.4 Å². The molecule has 2 atom stereocenters. The van der Waals surface area contributed by atoms with E-state index in [0.29, 0.717) is 0 Å². The van der Waals surface area contributed by atoms with E-state index in [-0.39, 0.29) is 0 Å². The van der Waals surface area contributed by atoms with Crippen molar-refractivity contribution in [1.29, 1.82) is 0 Å². The fourth-order valence-electron chi connectivity index (χ4n) is 3.19. The van der Waals surface area contributed by atoms with Gasteiger partial charge in [0.05, 0.1) is 19.7 Å². The summed E-state index contributed by atoms with van der Waals surface area (Å²) >= 11 is 0. The molecule has 1 aliphatic heterocycles. The average molecular weight is 248 g/mol.